The molecular formula is C11H12ClNO3. The summed E-state index contributed by atoms with van der Waals surface area (Å²) in [6.07, 6.45) is -1.67. The molecule has 5 heteroatoms. The quantitative estimate of drug-likeness (QED) is 0.762. The molecule has 0 aliphatic carbocycles. The van der Waals surface area contributed by atoms with Crippen molar-refractivity contribution < 1.29 is 14.3 Å². The minimum absolute atomic E-state index is 0.553. The van der Waals surface area contributed by atoms with Crippen LogP contribution in [-0.2, 0) is 9.53 Å². The minimum Gasteiger partial charge on any atom is -0.432 e. The summed E-state index contributed by atoms with van der Waals surface area (Å²) >= 11 is 5.39. The van der Waals surface area contributed by atoms with Crippen molar-refractivity contribution in [2.75, 3.05) is 14.1 Å². The van der Waals surface area contributed by atoms with Gasteiger partial charge in [0.25, 0.3) is 5.24 Å². The maximum atomic E-state index is 11.3. The molecule has 1 aromatic carbocycles. The molecule has 0 aromatic heterocycles. The Bertz CT molecular complexity index is 378. The monoisotopic (exact) mass is 241 g/mol. The lowest BCUT2D eigenvalue weighted by atomic mass is 10.1. The van der Waals surface area contributed by atoms with Crippen molar-refractivity contribution in [3.8, 4) is 0 Å². The molecule has 0 saturated heterocycles. The van der Waals surface area contributed by atoms with Crippen LogP contribution < -0.4 is 0 Å². The predicted molar refractivity (Wildman–Crippen MR) is 60.2 cm³/mol. The molecule has 1 unspecified atom stereocenters. The lowest BCUT2D eigenvalue weighted by molar-refractivity contribution is -0.120. The molecule has 1 aromatic rings. The van der Waals surface area contributed by atoms with Crippen molar-refractivity contribution in [3.63, 3.8) is 0 Å². The Morgan fingerprint density at radius 3 is 2.25 bits per heavy atom. The minimum atomic E-state index is -1.06. The molecule has 0 fully saturated rings. The van der Waals surface area contributed by atoms with Gasteiger partial charge in [0.05, 0.1) is 0 Å². The lowest BCUT2D eigenvalue weighted by Gasteiger charge is -2.17. The number of amides is 1. The zero-order valence-corrected chi connectivity index (χ0v) is 9.77. The van der Waals surface area contributed by atoms with E-state index in [2.05, 4.69) is 0 Å². The van der Waals surface area contributed by atoms with Gasteiger partial charge in [0.2, 0.25) is 6.10 Å². The van der Waals surface area contributed by atoms with Gasteiger partial charge in [-0.3, -0.25) is 4.79 Å². The molecule has 0 spiro atoms. The van der Waals surface area contributed by atoms with Gasteiger partial charge in [-0.2, -0.15) is 0 Å². The van der Waals surface area contributed by atoms with E-state index in [0.29, 0.717) is 5.56 Å². The predicted octanol–water partition coefficient (Wildman–Crippen LogP) is 2.19. The largest absolute Gasteiger partial charge is 0.432 e. The van der Waals surface area contributed by atoms with E-state index < -0.39 is 17.4 Å². The molecule has 1 rings (SSSR count). The molecule has 0 bridgehead atoms. The van der Waals surface area contributed by atoms with E-state index in [9.17, 15) is 9.59 Å². The SMILES string of the molecule is CN(C)C(=O)OC(C(=O)Cl)c1ccccc1. The molecule has 4 nitrogen and oxygen atoms in total. The van der Waals surface area contributed by atoms with Crippen LogP contribution in [0.4, 0.5) is 4.79 Å². The van der Waals surface area contributed by atoms with E-state index in [1.54, 1.807) is 30.3 Å². The summed E-state index contributed by atoms with van der Waals surface area (Å²) < 4.78 is 4.96. The highest BCUT2D eigenvalue weighted by Crippen LogP contribution is 2.20. The van der Waals surface area contributed by atoms with E-state index >= 15 is 0 Å². The fourth-order valence-corrected chi connectivity index (χ4v) is 1.25. The van der Waals surface area contributed by atoms with Crippen LogP contribution in [0.15, 0.2) is 30.3 Å². The summed E-state index contributed by atoms with van der Waals surface area (Å²) in [5.41, 5.74) is 0.553. The van der Waals surface area contributed by atoms with Crippen LogP contribution in [0, 0.1) is 0 Å². The Labute approximate surface area is 98.8 Å². The Balaban J connectivity index is 2.85. The number of ether oxygens (including phenoxy) is 1. The topological polar surface area (TPSA) is 46.6 Å². The summed E-state index contributed by atoms with van der Waals surface area (Å²) in [7, 11) is 3.06. The van der Waals surface area contributed by atoms with Crippen molar-refractivity contribution in [1.29, 1.82) is 0 Å². The molecular weight excluding hydrogens is 230 g/mol. The third-order valence-electron chi connectivity index (χ3n) is 1.89. The first kappa shape index (κ1) is 12.5. The third kappa shape index (κ3) is 3.24. The van der Waals surface area contributed by atoms with E-state index in [1.165, 1.54) is 19.0 Å². The van der Waals surface area contributed by atoms with Gasteiger partial charge in [-0.25, -0.2) is 4.79 Å². The van der Waals surface area contributed by atoms with E-state index in [-0.39, 0.29) is 0 Å². The van der Waals surface area contributed by atoms with Crippen molar-refractivity contribution in [2.24, 2.45) is 0 Å². The summed E-state index contributed by atoms with van der Waals surface area (Å²) in [5, 5.41) is -0.721. The molecule has 16 heavy (non-hydrogen) atoms. The van der Waals surface area contributed by atoms with E-state index in [4.69, 9.17) is 16.3 Å². The highest BCUT2D eigenvalue weighted by Gasteiger charge is 2.23. The number of nitrogens with zero attached hydrogens (tertiary/aromatic N) is 1. The fraction of sp³-hybridized carbons (Fsp3) is 0.273. The Kier molecular flexibility index (Phi) is 4.31. The van der Waals surface area contributed by atoms with Crippen molar-refractivity contribution in [2.45, 2.75) is 6.10 Å². The van der Waals surface area contributed by atoms with Gasteiger partial charge < -0.3 is 9.64 Å². The van der Waals surface area contributed by atoms with Gasteiger partial charge in [-0.05, 0) is 11.6 Å². The number of halogens is 1. The molecule has 0 aliphatic heterocycles. The molecule has 86 valence electrons. The van der Waals surface area contributed by atoms with Crippen LogP contribution in [0.5, 0.6) is 0 Å². The van der Waals surface area contributed by atoms with Gasteiger partial charge in [-0.1, -0.05) is 30.3 Å². The second kappa shape index (κ2) is 5.51. The van der Waals surface area contributed by atoms with E-state index in [1.807, 2.05) is 0 Å². The van der Waals surface area contributed by atoms with Gasteiger partial charge in [0.15, 0.2) is 0 Å². The average molecular weight is 242 g/mol. The molecule has 1 atom stereocenters. The number of carbonyl (C=O) groups is 2. The van der Waals surface area contributed by atoms with Crippen molar-refractivity contribution in [1.82, 2.24) is 4.90 Å². The van der Waals surface area contributed by atoms with Crippen LogP contribution in [0.2, 0.25) is 0 Å². The standard InChI is InChI=1S/C11H12ClNO3/c1-13(2)11(15)16-9(10(12)14)8-6-4-3-5-7-8/h3-7,9H,1-2H3. The Hall–Kier alpha value is -1.55. The number of benzene rings is 1. The molecule has 0 radical (unpaired) electrons. The first-order valence-electron chi connectivity index (χ1n) is 4.64. The molecule has 1 amide bonds. The second-order valence-electron chi connectivity index (χ2n) is 3.37. The molecule has 0 heterocycles. The van der Waals surface area contributed by atoms with Crippen molar-refractivity contribution in [3.05, 3.63) is 35.9 Å². The summed E-state index contributed by atoms with van der Waals surface area (Å²) in [4.78, 5) is 23.7. The number of carbonyl (C=O) groups excluding carboxylic acids is 2. The summed E-state index contributed by atoms with van der Waals surface area (Å²) in [5.74, 6) is 0. The fourth-order valence-electron chi connectivity index (χ4n) is 1.08. The zero-order chi connectivity index (χ0) is 12.1. The van der Waals surface area contributed by atoms with Crippen LogP contribution in [0.25, 0.3) is 0 Å². The first-order chi connectivity index (χ1) is 7.52. The van der Waals surface area contributed by atoms with Crippen LogP contribution in [0.3, 0.4) is 0 Å². The smallest absolute Gasteiger partial charge is 0.410 e. The first-order valence-corrected chi connectivity index (χ1v) is 5.02. The normalized spacial score (nSPS) is 11.7. The van der Waals surface area contributed by atoms with Gasteiger partial charge in [0, 0.05) is 19.7 Å². The number of hydrogen-bond donors (Lipinski definition) is 0. The van der Waals surface area contributed by atoms with Gasteiger partial charge in [-0.15, -0.1) is 0 Å². The van der Waals surface area contributed by atoms with Crippen LogP contribution >= 0.6 is 11.6 Å². The molecule has 0 aliphatic rings. The lowest BCUT2D eigenvalue weighted by Crippen LogP contribution is -2.26. The Morgan fingerprint density at radius 1 is 1.25 bits per heavy atom. The highest BCUT2D eigenvalue weighted by atomic mass is 35.5. The van der Waals surface area contributed by atoms with Gasteiger partial charge >= 0.3 is 6.09 Å². The number of rotatable bonds is 3. The zero-order valence-electron chi connectivity index (χ0n) is 9.01. The summed E-state index contributed by atoms with van der Waals surface area (Å²) in [6, 6.07) is 8.63. The molecule has 0 N–H and O–H groups in total. The number of hydrogen-bond acceptors (Lipinski definition) is 3. The average Bonchev–Trinajstić information content (AvgIpc) is 2.26. The maximum absolute atomic E-state index is 11.3. The highest BCUT2D eigenvalue weighted by molar-refractivity contribution is 6.64. The van der Waals surface area contributed by atoms with Gasteiger partial charge in [0.1, 0.15) is 0 Å². The molecule has 0 saturated carbocycles. The third-order valence-corrected chi connectivity index (χ3v) is 2.09. The Morgan fingerprint density at radius 2 is 1.81 bits per heavy atom. The van der Waals surface area contributed by atoms with Crippen LogP contribution in [-0.4, -0.2) is 30.3 Å². The van der Waals surface area contributed by atoms with E-state index in [0.717, 1.165) is 0 Å². The second-order valence-corrected chi connectivity index (χ2v) is 3.75. The summed E-state index contributed by atoms with van der Waals surface area (Å²) in [6.45, 7) is 0. The maximum Gasteiger partial charge on any atom is 0.410 e. The van der Waals surface area contributed by atoms with Crippen LogP contribution in [0.1, 0.15) is 11.7 Å². The van der Waals surface area contributed by atoms with Crippen molar-refractivity contribution >= 4 is 22.9 Å².